The summed E-state index contributed by atoms with van der Waals surface area (Å²) in [6.45, 7) is 0. The summed E-state index contributed by atoms with van der Waals surface area (Å²) in [7, 11) is 0. The molecule has 2 aliphatic rings. The molecule has 2 saturated carbocycles. The van der Waals surface area contributed by atoms with Gasteiger partial charge in [0.25, 0.3) is 0 Å². The average molecular weight is 88.1 g/mol. The van der Waals surface area contributed by atoms with Gasteiger partial charge in [-0.15, -0.1) is 0 Å². The first-order chi connectivity index (χ1) is 2.97. The van der Waals surface area contributed by atoms with Crippen molar-refractivity contribution in [2.24, 2.45) is 0 Å². The summed E-state index contributed by atoms with van der Waals surface area (Å²) < 4.78 is 0. The first-order valence-electron chi connectivity index (χ1n) is 2.66. The molecule has 0 aromatic rings. The third-order valence-corrected chi connectivity index (χ3v) is 1.50. The SMILES string of the molecule is C1CC1=C1CC1.[LiH]. The molecule has 2 aliphatic carbocycles. The van der Waals surface area contributed by atoms with Crippen LogP contribution >= 0.6 is 0 Å². The van der Waals surface area contributed by atoms with E-state index < -0.39 is 0 Å². The van der Waals surface area contributed by atoms with E-state index in [2.05, 4.69) is 0 Å². The number of hydrogen-bond donors (Lipinski definition) is 0. The molecule has 0 N–H and O–H groups in total. The fourth-order valence-corrected chi connectivity index (χ4v) is 0.832. The maximum absolute atomic E-state index is 1.79. The summed E-state index contributed by atoms with van der Waals surface area (Å²) in [6.07, 6.45) is 5.76. The van der Waals surface area contributed by atoms with Gasteiger partial charge in [0, 0.05) is 0 Å². The van der Waals surface area contributed by atoms with Crippen LogP contribution in [-0.4, -0.2) is 18.9 Å². The van der Waals surface area contributed by atoms with Gasteiger partial charge in [-0.1, -0.05) is 11.1 Å². The van der Waals surface area contributed by atoms with Gasteiger partial charge in [0.2, 0.25) is 0 Å². The third kappa shape index (κ3) is 1.12. The maximum atomic E-state index is 1.79. The van der Waals surface area contributed by atoms with Crippen molar-refractivity contribution in [1.82, 2.24) is 0 Å². The normalized spacial score (nSPS) is 24.0. The Labute approximate surface area is 56.2 Å². The molecule has 0 unspecified atom stereocenters. The Morgan fingerprint density at radius 2 is 1.00 bits per heavy atom. The molecule has 2 fully saturated rings. The van der Waals surface area contributed by atoms with Crippen LogP contribution in [-0.2, 0) is 0 Å². The summed E-state index contributed by atoms with van der Waals surface area (Å²) >= 11 is 0. The second kappa shape index (κ2) is 1.69. The van der Waals surface area contributed by atoms with Crippen LogP contribution in [0.5, 0.6) is 0 Å². The predicted molar refractivity (Wildman–Crippen MR) is 32.6 cm³/mol. The van der Waals surface area contributed by atoms with Crippen LogP contribution in [0.15, 0.2) is 11.1 Å². The Balaban J connectivity index is 0.000000245. The summed E-state index contributed by atoms with van der Waals surface area (Å²) in [5.41, 5.74) is 3.57. The molecule has 0 aromatic carbocycles. The van der Waals surface area contributed by atoms with Crippen molar-refractivity contribution in [3.63, 3.8) is 0 Å². The summed E-state index contributed by atoms with van der Waals surface area (Å²) in [4.78, 5) is 0. The van der Waals surface area contributed by atoms with E-state index in [0.717, 1.165) is 0 Å². The van der Waals surface area contributed by atoms with E-state index in [1.165, 1.54) is 25.7 Å². The van der Waals surface area contributed by atoms with Crippen molar-refractivity contribution in [3.05, 3.63) is 11.1 Å². The molecule has 0 atom stereocenters. The average Bonchev–Trinajstić information content (AvgIpc) is 2.26. The Bertz CT molecular complexity index is 87.3. The van der Waals surface area contributed by atoms with Gasteiger partial charge >= 0.3 is 18.9 Å². The first-order valence-corrected chi connectivity index (χ1v) is 2.66. The minimum atomic E-state index is 0. The number of hydrogen-bond acceptors (Lipinski definition) is 0. The van der Waals surface area contributed by atoms with Gasteiger partial charge in [0.15, 0.2) is 0 Å². The Morgan fingerprint density at radius 1 is 0.714 bits per heavy atom. The molecule has 0 aliphatic heterocycles. The van der Waals surface area contributed by atoms with E-state index >= 15 is 0 Å². The van der Waals surface area contributed by atoms with Crippen molar-refractivity contribution in [2.75, 3.05) is 0 Å². The molecule has 0 bridgehead atoms. The monoisotopic (exact) mass is 88.1 g/mol. The molecule has 0 heterocycles. The third-order valence-electron chi connectivity index (χ3n) is 1.50. The predicted octanol–water partition coefficient (Wildman–Crippen LogP) is 1.22. The quantitative estimate of drug-likeness (QED) is 0.308. The Hall–Kier alpha value is 0.337. The van der Waals surface area contributed by atoms with Gasteiger partial charge in [0.1, 0.15) is 0 Å². The topological polar surface area (TPSA) is 0 Å². The van der Waals surface area contributed by atoms with Crippen molar-refractivity contribution in [1.29, 1.82) is 0 Å². The van der Waals surface area contributed by atoms with Gasteiger partial charge in [-0.2, -0.15) is 0 Å². The molecule has 34 valence electrons. The van der Waals surface area contributed by atoms with E-state index in [1.807, 2.05) is 0 Å². The standard InChI is InChI=1S/C6H8.Li.H/c1-2-5(1)6-3-4-6;;/h1-4H2;;. The number of allylic oxidation sites excluding steroid dienone is 2. The molecule has 0 amide bonds. The molecule has 0 radical (unpaired) electrons. The molecule has 1 heteroatoms. The zero-order chi connectivity index (χ0) is 3.98. The van der Waals surface area contributed by atoms with E-state index in [1.54, 1.807) is 11.1 Å². The zero-order valence-corrected chi connectivity index (χ0v) is 3.83. The van der Waals surface area contributed by atoms with Crippen molar-refractivity contribution < 1.29 is 0 Å². The van der Waals surface area contributed by atoms with Crippen LogP contribution in [0.1, 0.15) is 25.7 Å². The van der Waals surface area contributed by atoms with Crippen LogP contribution in [0.25, 0.3) is 0 Å². The summed E-state index contributed by atoms with van der Waals surface area (Å²) in [5.74, 6) is 0. The molecule has 0 saturated heterocycles. The molecule has 7 heavy (non-hydrogen) atoms. The van der Waals surface area contributed by atoms with E-state index in [9.17, 15) is 0 Å². The Kier molecular flexibility index (Phi) is 1.32. The van der Waals surface area contributed by atoms with Gasteiger partial charge in [-0.3, -0.25) is 0 Å². The molecular weight excluding hydrogens is 79.0 g/mol. The van der Waals surface area contributed by atoms with Gasteiger partial charge in [0.05, 0.1) is 0 Å². The second-order valence-electron chi connectivity index (χ2n) is 2.21. The van der Waals surface area contributed by atoms with Crippen LogP contribution in [0.3, 0.4) is 0 Å². The zero-order valence-electron chi connectivity index (χ0n) is 3.83. The van der Waals surface area contributed by atoms with E-state index in [-0.39, 0.29) is 18.9 Å². The van der Waals surface area contributed by atoms with Crippen molar-refractivity contribution in [2.45, 2.75) is 25.7 Å². The van der Waals surface area contributed by atoms with Crippen LogP contribution in [0.4, 0.5) is 0 Å². The minimum absolute atomic E-state index is 0. The first kappa shape index (κ1) is 5.47. The molecule has 0 nitrogen and oxygen atoms in total. The van der Waals surface area contributed by atoms with Gasteiger partial charge in [-0.05, 0) is 25.7 Å². The van der Waals surface area contributed by atoms with Crippen molar-refractivity contribution >= 4 is 18.9 Å². The second-order valence-corrected chi connectivity index (χ2v) is 2.21. The van der Waals surface area contributed by atoms with Gasteiger partial charge < -0.3 is 0 Å². The van der Waals surface area contributed by atoms with Crippen LogP contribution < -0.4 is 0 Å². The van der Waals surface area contributed by atoms with Crippen LogP contribution in [0.2, 0.25) is 0 Å². The summed E-state index contributed by atoms with van der Waals surface area (Å²) in [6, 6.07) is 0. The fraction of sp³-hybridized carbons (Fsp3) is 0.667. The summed E-state index contributed by atoms with van der Waals surface area (Å²) in [5, 5.41) is 0. The van der Waals surface area contributed by atoms with Gasteiger partial charge in [-0.25, -0.2) is 0 Å². The van der Waals surface area contributed by atoms with E-state index in [0.29, 0.717) is 0 Å². The molecular formula is C6H9Li. The molecule has 2 rings (SSSR count). The molecule has 0 aromatic heterocycles. The number of rotatable bonds is 0. The fourth-order valence-electron chi connectivity index (χ4n) is 0.832. The van der Waals surface area contributed by atoms with Crippen LogP contribution in [0, 0.1) is 0 Å². The molecule has 0 spiro atoms. The van der Waals surface area contributed by atoms with Crippen molar-refractivity contribution in [3.8, 4) is 0 Å². The van der Waals surface area contributed by atoms with E-state index in [4.69, 9.17) is 0 Å². The Morgan fingerprint density at radius 3 is 1.14 bits per heavy atom.